The Bertz CT molecular complexity index is 1570. The molecule has 0 bridgehead atoms. The largest absolute Gasteiger partial charge is 0.344 e. The van der Waals surface area contributed by atoms with Crippen molar-refractivity contribution in [3.63, 3.8) is 0 Å². The fraction of sp³-hybridized carbons (Fsp3) is 0.559. The van der Waals surface area contributed by atoms with E-state index in [1.54, 1.807) is 16.0 Å². The number of piperazine rings is 1. The molecule has 3 aromatic rings. The van der Waals surface area contributed by atoms with Crippen molar-refractivity contribution in [2.45, 2.75) is 71.0 Å². The number of piperidine rings is 1. The normalized spacial score (nSPS) is 21.9. The Morgan fingerprint density at radius 3 is 2.47 bits per heavy atom. The minimum absolute atomic E-state index is 0.0519. The number of aryl methyl sites for hydroxylation is 2. The highest BCUT2D eigenvalue weighted by atomic mass is 16.2. The van der Waals surface area contributed by atoms with E-state index in [4.69, 9.17) is 15.1 Å². The lowest BCUT2D eigenvalue weighted by molar-refractivity contribution is -0.142. The van der Waals surface area contributed by atoms with Gasteiger partial charge in [-0.15, -0.1) is 0 Å². The fourth-order valence-corrected chi connectivity index (χ4v) is 6.81. The van der Waals surface area contributed by atoms with E-state index in [1.165, 1.54) is 0 Å². The number of nitrogens with one attached hydrogen (secondary N) is 1. The van der Waals surface area contributed by atoms with Crippen LogP contribution in [0.1, 0.15) is 71.4 Å². The first-order valence-corrected chi connectivity index (χ1v) is 16.9. The first kappa shape index (κ1) is 32.5. The number of aromatic nitrogens is 5. The summed E-state index contributed by atoms with van der Waals surface area (Å²) in [6.07, 6.45) is 5.27. The summed E-state index contributed by atoms with van der Waals surface area (Å²) in [5, 5.41) is 7.95. The maximum absolute atomic E-state index is 14.1. The summed E-state index contributed by atoms with van der Waals surface area (Å²) in [4.78, 5) is 63.5. The van der Waals surface area contributed by atoms with Gasteiger partial charge in [0.2, 0.25) is 17.8 Å². The zero-order chi connectivity index (χ0) is 32.9. The van der Waals surface area contributed by atoms with Gasteiger partial charge in [0, 0.05) is 58.4 Å². The van der Waals surface area contributed by atoms with Crippen molar-refractivity contribution < 1.29 is 14.4 Å². The number of carbonyl (C=O) groups is 3. The highest BCUT2D eigenvalue weighted by Gasteiger charge is 2.35. The summed E-state index contributed by atoms with van der Waals surface area (Å²) in [5.74, 6) is 1.49. The van der Waals surface area contributed by atoms with Gasteiger partial charge in [0.05, 0.1) is 23.8 Å². The molecule has 0 aliphatic carbocycles. The van der Waals surface area contributed by atoms with E-state index in [-0.39, 0.29) is 24.1 Å². The molecule has 2 atom stereocenters. The predicted octanol–water partition coefficient (Wildman–Crippen LogP) is 2.15. The summed E-state index contributed by atoms with van der Waals surface area (Å²) in [6, 6.07) is 8.98. The number of benzene rings is 1. The number of carbonyl (C=O) groups excluding carboxylic acids is 3. The van der Waals surface area contributed by atoms with E-state index in [9.17, 15) is 14.4 Å². The maximum Gasteiger partial charge on any atom is 0.257 e. The number of hydrogen-bond acceptors (Lipinski definition) is 9. The molecule has 0 unspecified atom stereocenters. The molecule has 13 nitrogen and oxygen atoms in total. The Labute approximate surface area is 276 Å². The van der Waals surface area contributed by atoms with Crippen LogP contribution in [0.2, 0.25) is 0 Å². The minimum atomic E-state index is -0.536. The van der Waals surface area contributed by atoms with Crippen molar-refractivity contribution in [2.75, 3.05) is 57.8 Å². The Morgan fingerprint density at radius 2 is 1.70 bits per heavy atom. The van der Waals surface area contributed by atoms with E-state index in [0.29, 0.717) is 74.3 Å². The van der Waals surface area contributed by atoms with E-state index in [0.717, 1.165) is 44.6 Å². The van der Waals surface area contributed by atoms with Gasteiger partial charge in [0.1, 0.15) is 17.7 Å². The van der Waals surface area contributed by atoms with Gasteiger partial charge in [0.15, 0.2) is 0 Å². The molecule has 3 amide bonds. The van der Waals surface area contributed by atoms with E-state index < -0.39 is 12.1 Å². The fourth-order valence-electron chi connectivity index (χ4n) is 6.81. The third kappa shape index (κ3) is 7.61. The van der Waals surface area contributed by atoms with Crippen LogP contribution < -0.4 is 10.2 Å². The molecule has 1 N–H and O–H groups in total. The summed E-state index contributed by atoms with van der Waals surface area (Å²) in [7, 11) is 2.10. The molecule has 5 heterocycles. The number of rotatable bonds is 4. The van der Waals surface area contributed by atoms with Crippen LogP contribution in [0.4, 0.5) is 5.95 Å². The second-order valence-electron chi connectivity index (χ2n) is 12.9. The second-order valence-corrected chi connectivity index (χ2v) is 12.9. The lowest BCUT2D eigenvalue weighted by Gasteiger charge is -2.36. The molecular weight excluding hydrogens is 596 g/mol. The van der Waals surface area contributed by atoms with Gasteiger partial charge < -0.3 is 24.9 Å². The highest BCUT2D eigenvalue weighted by molar-refractivity contribution is 5.95. The number of fused-ring (bicyclic) bond motifs is 2. The van der Waals surface area contributed by atoms with Crippen LogP contribution in [0.25, 0.3) is 0 Å². The number of anilines is 1. The highest BCUT2D eigenvalue weighted by Crippen LogP contribution is 2.24. The standard InChI is InChI=1S/C34H46N10O3/c1-24-27(23-35-34(36-24)42-18-16-40(3)17-19-42)33(47)41-14-9-13-30(45)43-15-8-7-12-29(43)32(46)38-28(22-26-10-5-4-6-11-26)31-37-25(2)39-44(31)21-20-41/h4-6,10-11,23,28-29H,7-9,12-22H2,1-3H3,(H,38,46)/t28-,29+/m1/s1. The maximum atomic E-state index is 14.1. The van der Waals surface area contributed by atoms with Crippen LogP contribution in [0, 0.1) is 13.8 Å². The van der Waals surface area contributed by atoms with Crippen LogP contribution in [0.15, 0.2) is 36.5 Å². The zero-order valence-electron chi connectivity index (χ0n) is 27.8. The molecule has 3 aliphatic heterocycles. The molecule has 6 rings (SSSR count). The van der Waals surface area contributed by atoms with E-state index >= 15 is 0 Å². The van der Waals surface area contributed by atoms with Crippen LogP contribution in [0.3, 0.4) is 0 Å². The first-order valence-electron chi connectivity index (χ1n) is 16.9. The van der Waals surface area contributed by atoms with Gasteiger partial charge in [-0.3, -0.25) is 14.4 Å². The van der Waals surface area contributed by atoms with Crippen molar-refractivity contribution in [1.29, 1.82) is 0 Å². The SMILES string of the molecule is Cc1nc2n(n1)CCN(C(=O)c1cnc(N3CCN(C)CC3)nc1C)CCCC(=O)N1CCCC[C@H]1C(=O)N[C@@H]2Cc1ccccc1. The first-order chi connectivity index (χ1) is 22.8. The second kappa shape index (κ2) is 14.6. The smallest absolute Gasteiger partial charge is 0.257 e. The van der Waals surface area contributed by atoms with Gasteiger partial charge >= 0.3 is 0 Å². The molecule has 1 aromatic carbocycles. The molecule has 2 saturated heterocycles. The molecule has 13 heteroatoms. The number of nitrogens with zero attached hydrogens (tertiary/aromatic N) is 9. The summed E-state index contributed by atoms with van der Waals surface area (Å²) < 4.78 is 1.82. The third-order valence-electron chi connectivity index (χ3n) is 9.51. The molecular formula is C34H46N10O3. The molecule has 0 radical (unpaired) electrons. The Hall–Kier alpha value is -4.39. The Balaban J connectivity index is 1.29. The summed E-state index contributed by atoms with van der Waals surface area (Å²) in [5.41, 5.74) is 2.14. The lowest BCUT2D eigenvalue weighted by Crippen LogP contribution is -2.53. The van der Waals surface area contributed by atoms with E-state index in [2.05, 4.69) is 27.1 Å². The topological polar surface area (TPSA) is 133 Å². The van der Waals surface area contributed by atoms with Crippen molar-refractivity contribution in [3.8, 4) is 0 Å². The average Bonchev–Trinajstić information content (AvgIpc) is 3.46. The van der Waals surface area contributed by atoms with Crippen LogP contribution >= 0.6 is 0 Å². The van der Waals surface area contributed by atoms with Gasteiger partial charge in [-0.05, 0) is 58.6 Å². The van der Waals surface area contributed by atoms with Crippen molar-refractivity contribution in [3.05, 3.63) is 65.0 Å². The van der Waals surface area contributed by atoms with Gasteiger partial charge in [-0.1, -0.05) is 30.3 Å². The number of amides is 3. The number of likely N-dealkylation sites (N-methyl/N-ethyl adjacent to an activating group) is 1. The molecule has 0 saturated carbocycles. The zero-order valence-corrected chi connectivity index (χ0v) is 27.8. The third-order valence-corrected chi connectivity index (χ3v) is 9.51. The van der Waals surface area contributed by atoms with Gasteiger partial charge in [-0.2, -0.15) is 5.10 Å². The quantitative estimate of drug-likeness (QED) is 0.455. The van der Waals surface area contributed by atoms with Gasteiger partial charge in [-0.25, -0.2) is 19.6 Å². The predicted molar refractivity (Wildman–Crippen MR) is 177 cm³/mol. The number of hydrogen-bond donors (Lipinski definition) is 1. The Morgan fingerprint density at radius 1 is 0.915 bits per heavy atom. The van der Waals surface area contributed by atoms with Crippen LogP contribution in [-0.4, -0.2) is 116 Å². The van der Waals surface area contributed by atoms with Gasteiger partial charge in [0.25, 0.3) is 5.91 Å². The average molecular weight is 643 g/mol. The lowest BCUT2D eigenvalue weighted by atomic mass is 9.99. The molecule has 47 heavy (non-hydrogen) atoms. The molecule has 0 spiro atoms. The molecule has 2 aromatic heterocycles. The monoisotopic (exact) mass is 642 g/mol. The minimum Gasteiger partial charge on any atom is -0.344 e. The van der Waals surface area contributed by atoms with E-state index in [1.807, 2.05) is 48.9 Å². The Kier molecular flexibility index (Phi) is 10.1. The molecule has 250 valence electrons. The molecule has 3 aliphatic rings. The summed E-state index contributed by atoms with van der Waals surface area (Å²) in [6.45, 7) is 8.91. The molecule has 2 fully saturated rings. The van der Waals surface area contributed by atoms with Crippen LogP contribution in [0.5, 0.6) is 0 Å². The van der Waals surface area contributed by atoms with Crippen molar-refractivity contribution in [2.24, 2.45) is 0 Å². The van der Waals surface area contributed by atoms with Crippen molar-refractivity contribution in [1.82, 2.24) is 44.7 Å². The van der Waals surface area contributed by atoms with Crippen molar-refractivity contribution >= 4 is 23.7 Å². The summed E-state index contributed by atoms with van der Waals surface area (Å²) >= 11 is 0. The van der Waals surface area contributed by atoms with Crippen LogP contribution in [-0.2, 0) is 22.6 Å².